The maximum atomic E-state index is 12.6. The van der Waals surface area contributed by atoms with E-state index in [0.29, 0.717) is 25.7 Å². The number of carboxylic acids is 1. The molecule has 0 bridgehead atoms. The van der Waals surface area contributed by atoms with Crippen molar-refractivity contribution in [3.63, 3.8) is 0 Å². The van der Waals surface area contributed by atoms with Crippen LogP contribution in [0.3, 0.4) is 0 Å². The number of hydrogen-bond donors (Lipinski definition) is 3. The highest BCUT2D eigenvalue weighted by Gasteiger charge is 2.47. The fraction of sp³-hybridized carbons (Fsp3) is 0.423. The zero-order valence-corrected chi connectivity index (χ0v) is 19.0. The van der Waals surface area contributed by atoms with Gasteiger partial charge in [0.15, 0.2) is 0 Å². The predicted octanol–water partition coefficient (Wildman–Crippen LogP) is 4.21. The van der Waals surface area contributed by atoms with Crippen LogP contribution in [-0.4, -0.2) is 40.8 Å². The van der Waals surface area contributed by atoms with Crippen LogP contribution < -0.4 is 10.6 Å². The predicted molar refractivity (Wildman–Crippen MR) is 124 cm³/mol. The normalized spacial score (nSPS) is 17.3. The first-order valence-electron chi connectivity index (χ1n) is 11.4. The van der Waals surface area contributed by atoms with E-state index in [1.54, 1.807) is 0 Å². The van der Waals surface area contributed by atoms with Gasteiger partial charge in [-0.25, -0.2) is 9.59 Å². The number of carboxylic acid groups (broad SMARTS) is 1. The number of aliphatic carboxylic acids is 1. The number of carbonyl (C=O) groups is 3. The van der Waals surface area contributed by atoms with Crippen LogP contribution in [-0.2, 0) is 14.3 Å². The van der Waals surface area contributed by atoms with Crippen LogP contribution in [0.2, 0.25) is 0 Å². The third kappa shape index (κ3) is 4.72. The molecule has 174 valence electrons. The first-order chi connectivity index (χ1) is 15.8. The van der Waals surface area contributed by atoms with Gasteiger partial charge in [0.25, 0.3) is 0 Å². The molecule has 1 unspecified atom stereocenters. The van der Waals surface area contributed by atoms with E-state index in [-0.39, 0.29) is 24.9 Å². The summed E-state index contributed by atoms with van der Waals surface area (Å²) in [5.41, 5.74) is 2.60. The Hall–Kier alpha value is -3.35. The summed E-state index contributed by atoms with van der Waals surface area (Å²) in [6.07, 6.45) is 1.75. The molecule has 2 amide bonds. The molecule has 1 atom stereocenters. The Morgan fingerprint density at radius 1 is 1.06 bits per heavy atom. The first kappa shape index (κ1) is 22.8. The second kappa shape index (κ2) is 8.89. The maximum Gasteiger partial charge on any atom is 0.407 e. The first-order valence-corrected chi connectivity index (χ1v) is 11.4. The van der Waals surface area contributed by atoms with Gasteiger partial charge in [0.1, 0.15) is 12.1 Å². The summed E-state index contributed by atoms with van der Waals surface area (Å²) in [5, 5.41) is 15.0. The number of amides is 2. The van der Waals surface area contributed by atoms with Gasteiger partial charge in [0, 0.05) is 12.3 Å². The molecular formula is C26H30N2O5. The Balaban J connectivity index is 1.35. The van der Waals surface area contributed by atoms with E-state index in [9.17, 15) is 19.5 Å². The van der Waals surface area contributed by atoms with Crippen LogP contribution in [0.15, 0.2) is 48.5 Å². The van der Waals surface area contributed by atoms with Crippen molar-refractivity contribution >= 4 is 18.0 Å². The lowest BCUT2D eigenvalue weighted by Crippen LogP contribution is -2.53. The molecule has 33 heavy (non-hydrogen) atoms. The van der Waals surface area contributed by atoms with Crippen LogP contribution in [0.25, 0.3) is 11.1 Å². The minimum atomic E-state index is -1.31. The lowest BCUT2D eigenvalue weighted by molar-refractivity contribution is -0.147. The van der Waals surface area contributed by atoms with Crippen molar-refractivity contribution in [3.8, 4) is 11.1 Å². The van der Waals surface area contributed by atoms with E-state index in [0.717, 1.165) is 22.3 Å². The summed E-state index contributed by atoms with van der Waals surface area (Å²) in [6.45, 7) is 3.58. The second-order valence-corrected chi connectivity index (χ2v) is 9.34. The summed E-state index contributed by atoms with van der Waals surface area (Å²) < 4.78 is 5.60. The highest BCUT2D eigenvalue weighted by molar-refractivity contribution is 5.87. The van der Waals surface area contributed by atoms with Crippen LogP contribution in [0.4, 0.5) is 4.79 Å². The average Bonchev–Trinajstić information content (AvgIpc) is 3.44. The van der Waals surface area contributed by atoms with Crippen molar-refractivity contribution in [3.05, 3.63) is 59.7 Å². The molecule has 2 aliphatic carbocycles. The Labute approximate surface area is 193 Å². The second-order valence-electron chi connectivity index (χ2n) is 9.34. The molecule has 0 radical (unpaired) electrons. The molecule has 1 saturated carbocycles. The largest absolute Gasteiger partial charge is 0.480 e. The van der Waals surface area contributed by atoms with Gasteiger partial charge in [-0.15, -0.1) is 0 Å². The molecular weight excluding hydrogens is 420 g/mol. The number of fused-ring (bicyclic) bond motifs is 3. The summed E-state index contributed by atoms with van der Waals surface area (Å²) in [6, 6.07) is 16.3. The molecule has 3 N–H and O–H groups in total. The molecule has 0 saturated heterocycles. The van der Waals surface area contributed by atoms with Crippen molar-refractivity contribution in [2.24, 2.45) is 0 Å². The van der Waals surface area contributed by atoms with E-state index in [1.165, 1.54) is 6.92 Å². The van der Waals surface area contributed by atoms with Gasteiger partial charge >= 0.3 is 12.1 Å². The molecule has 0 heterocycles. The standard InChI is InChI=1S/C26H30N2O5/c1-3-12-25(2,23(30)31)27-22(29)15-26(13-14-26)28-24(32)33-16-21-19-10-6-4-8-17(19)18-9-5-7-11-20(18)21/h4-11,21H,3,12-16H2,1-2H3,(H,27,29)(H,28,32)(H,30,31). The third-order valence-electron chi connectivity index (χ3n) is 6.70. The fourth-order valence-electron chi connectivity index (χ4n) is 4.73. The van der Waals surface area contributed by atoms with Crippen LogP contribution in [0.5, 0.6) is 0 Å². The molecule has 0 aliphatic heterocycles. The topological polar surface area (TPSA) is 105 Å². The smallest absolute Gasteiger partial charge is 0.407 e. The minimum absolute atomic E-state index is 0.0315. The van der Waals surface area contributed by atoms with Crippen LogP contribution in [0.1, 0.15) is 63.0 Å². The summed E-state index contributed by atoms with van der Waals surface area (Å²) in [5.74, 6) is -1.48. The van der Waals surface area contributed by atoms with Gasteiger partial charge in [-0.3, -0.25) is 4.79 Å². The Bertz CT molecular complexity index is 1030. The third-order valence-corrected chi connectivity index (χ3v) is 6.70. The van der Waals surface area contributed by atoms with E-state index in [1.807, 2.05) is 31.2 Å². The minimum Gasteiger partial charge on any atom is -0.480 e. The van der Waals surface area contributed by atoms with Crippen LogP contribution in [0, 0.1) is 0 Å². The van der Waals surface area contributed by atoms with E-state index < -0.39 is 23.1 Å². The lowest BCUT2D eigenvalue weighted by Gasteiger charge is -2.27. The quantitative estimate of drug-likeness (QED) is 0.531. The van der Waals surface area contributed by atoms with Gasteiger partial charge in [-0.2, -0.15) is 0 Å². The highest BCUT2D eigenvalue weighted by atomic mass is 16.5. The van der Waals surface area contributed by atoms with Gasteiger partial charge in [-0.1, -0.05) is 61.9 Å². The van der Waals surface area contributed by atoms with Gasteiger partial charge in [0.05, 0.1) is 5.54 Å². The molecule has 2 aromatic rings. The molecule has 2 aromatic carbocycles. The van der Waals surface area contributed by atoms with Gasteiger partial charge in [0.2, 0.25) is 5.91 Å². The molecule has 7 heteroatoms. The molecule has 0 aromatic heterocycles. The molecule has 0 spiro atoms. The zero-order chi connectivity index (χ0) is 23.6. The van der Waals surface area contributed by atoms with Gasteiger partial charge in [-0.05, 0) is 48.4 Å². The van der Waals surface area contributed by atoms with Crippen molar-refractivity contribution in [2.45, 2.75) is 62.9 Å². The monoisotopic (exact) mass is 450 g/mol. The summed E-state index contributed by atoms with van der Waals surface area (Å²) in [7, 11) is 0. The van der Waals surface area contributed by atoms with Crippen LogP contribution >= 0.6 is 0 Å². The zero-order valence-electron chi connectivity index (χ0n) is 19.0. The van der Waals surface area contributed by atoms with Crippen molar-refractivity contribution in [2.75, 3.05) is 6.61 Å². The van der Waals surface area contributed by atoms with Crippen molar-refractivity contribution in [1.29, 1.82) is 0 Å². The van der Waals surface area contributed by atoms with Gasteiger partial charge < -0.3 is 20.5 Å². The summed E-state index contributed by atoms with van der Waals surface area (Å²) >= 11 is 0. The van der Waals surface area contributed by atoms with E-state index in [4.69, 9.17) is 4.74 Å². The number of hydrogen-bond acceptors (Lipinski definition) is 4. The Morgan fingerprint density at radius 3 is 2.15 bits per heavy atom. The van der Waals surface area contributed by atoms with Crippen molar-refractivity contribution < 1.29 is 24.2 Å². The average molecular weight is 451 g/mol. The number of benzene rings is 2. The molecule has 7 nitrogen and oxygen atoms in total. The maximum absolute atomic E-state index is 12.6. The SMILES string of the molecule is CCCC(C)(NC(=O)CC1(NC(=O)OCC2c3ccccc3-c3ccccc32)CC1)C(=O)O. The Kier molecular flexibility index (Phi) is 6.15. The lowest BCUT2D eigenvalue weighted by atomic mass is 9.95. The number of carbonyl (C=O) groups excluding carboxylic acids is 2. The summed E-state index contributed by atoms with van der Waals surface area (Å²) in [4.78, 5) is 36.7. The number of rotatable bonds is 9. The highest BCUT2D eigenvalue weighted by Crippen LogP contribution is 2.44. The molecule has 1 fully saturated rings. The number of nitrogens with one attached hydrogen (secondary N) is 2. The van der Waals surface area contributed by atoms with E-state index in [2.05, 4.69) is 34.9 Å². The Morgan fingerprint density at radius 2 is 1.64 bits per heavy atom. The molecule has 2 aliphatic rings. The fourth-order valence-corrected chi connectivity index (χ4v) is 4.73. The molecule has 4 rings (SSSR count). The number of ether oxygens (including phenoxy) is 1. The van der Waals surface area contributed by atoms with Crippen molar-refractivity contribution in [1.82, 2.24) is 10.6 Å². The number of alkyl carbamates (subject to hydrolysis) is 1. The van der Waals surface area contributed by atoms with E-state index >= 15 is 0 Å².